The van der Waals surface area contributed by atoms with Crippen LogP contribution in [0.3, 0.4) is 0 Å². The molecule has 0 spiro atoms. The number of thioether (sulfide) groups is 1. The number of nitrogens with one attached hydrogen (secondary N) is 2. The number of carbonyl (C=O) groups excluding carboxylic acids is 2. The van der Waals surface area contributed by atoms with Gasteiger partial charge in [-0.1, -0.05) is 0 Å². The maximum Gasteiger partial charge on any atom is 0.321 e. The Bertz CT molecular complexity index is 520. The Hall–Kier alpha value is -1.96. The standard InChI is InChI=1S/C12H15FN4O2S/c13-9-2-1-8(7-10(9)16-11(14)18)15-12(19)17-3-5-20-6-4-17/h1-2,7H,3-6H2,(H,15,19)(H3,14,16,18). The predicted octanol–water partition coefficient (Wildman–Crippen LogP) is 1.90. The summed E-state index contributed by atoms with van der Waals surface area (Å²) in [5.41, 5.74) is 5.28. The van der Waals surface area contributed by atoms with Crippen LogP contribution in [-0.2, 0) is 0 Å². The van der Waals surface area contributed by atoms with Crippen molar-refractivity contribution < 1.29 is 14.0 Å². The summed E-state index contributed by atoms with van der Waals surface area (Å²) in [7, 11) is 0. The summed E-state index contributed by atoms with van der Waals surface area (Å²) in [6.07, 6.45) is 0. The molecule has 1 heterocycles. The van der Waals surface area contributed by atoms with Crippen LogP contribution in [0.4, 0.5) is 25.4 Å². The van der Waals surface area contributed by atoms with Gasteiger partial charge in [-0.05, 0) is 18.2 Å². The highest BCUT2D eigenvalue weighted by Crippen LogP contribution is 2.20. The molecule has 2 rings (SSSR count). The van der Waals surface area contributed by atoms with Gasteiger partial charge in [-0.15, -0.1) is 0 Å². The summed E-state index contributed by atoms with van der Waals surface area (Å²) in [5.74, 6) is 1.20. The van der Waals surface area contributed by atoms with E-state index in [1.54, 1.807) is 16.7 Å². The van der Waals surface area contributed by atoms with Crippen LogP contribution in [0.5, 0.6) is 0 Å². The fourth-order valence-corrected chi connectivity index (χ4v) is 2.70. The number of carbonyl (C=O) groups is 2. The van der Waals surface area contributed by atoms with Crippen LogP contribution < -0.4 is 16.4 Å². The zero-order chi connectivity index (χ0) is 14.5. The molecule has 0 aliphatic carbocycles. The van der Waals surface area contributed by atoms with Crippen molar-refractivity contribution in [3.63, 3.8) is 0 Å². The minimum atomic E-state index is -0.861. The highest BCUT2D eigenvalue weighted by Gasteiger charge is 2.17. The molecule has 4 amide bonds. The number of primary amides is 1. The number of hydrogen-bond acceptors (Lipinski definition) is 3. The van der Waals surface area contributed by atoms with Gasteiger partial charge in [-0.25, -0.2) is 14.0 Å². The van der Waals surface area contributed by atoms with E-state index in [4.69, 9.17) is 5.73 Å². The lowest BCUT2D eigenvalue weighted by atomic mass is 10.2. The largest absolute Gasteiger partial charge is 0.351 e. The minimum absolute atomic E-state index is 0.0653. The van der Waals surface area contributed by atoms with Crippen LogP contribution in [-0.4, -0.2) is 41.6 Å². The molecule has 1 aliphatic heterocycles. The van der Waals surface area contributed by atoms with E-state index < -0.39 is 11.8 Å². The Morgan fingerprint density at radius 3 is 2.60 bits per heavy atom. The maximum atomic E-state index is 13.4. The van der Waals surface area contributed by atoms with Crippen molar-refractivity contribution in [3.8, 4) is 0 Å². The number of benzene rings is 1. The maximum absolute atomic E-state index is 13.4. The Morgan fingerprint density at radius 2 is 1.95 bits per heavy atom. The third-order valence-electron chi connectivity index (χ3n) is 2.77. The first kappa shape index (κ1) is 14.4. The highest BCUT2D eigenvalue weighted by molar-refractivity contribution is 7.99. The number of hydrogen-bond donors (Lipinski definition) is 3. The number of urea groups is 2. The second-order valence-electron chi connectivity index (χ2n) is 4.21. The Morgan fingerprint density at radius 1 is 1.25 bits per heavy atom. The van der Waals surface area contributed by atoms with E-state index in [1.807, 2.05) is 0 Å². The molecule has 0 atom stereocenters. The lowest BCUT2D eigenvalue weighted by Gasteiger charge is -2.26. The quantitative estimate of drug-likeness (QED) is 0.779. The first-order chi connectivity index (χ1) is 9.56. The number of amides is 4. The van der Waals surface area contributed by atoms with Crippen molar-refractivity contribution in [2.75, 3.05) is 35.2 Å². The Kier molecular flexibility index (Phi) is 4.67. The molecule has 0 bridgehead atoms. The lowest BCUT2D eigenvalue weighted by Crippen LogP contribution is -2.40. The molecule has 1 saturated heterocycles. The molecule has 0 aromatic heterocycles. The molecule has 0 unspecified atom stereocenters. The molecule has 8 heteroatoms. The summed E-state index contributed by atoms with van der Waals surface area (Å²) in [6, 6.07) is 2.82. The van der Waals surface area contributed by atoms with Gasteiger partial charge in [0, 0.05) is 30.3 Å². The van der Waals surface area contributed by atoms with E-state index in [9.17, 15) is 14.0 Å². The topological polar surface area (TPSA) is 87.5 Å². The summed E-state index contributed by atoms with van der Waals surface area (Å²) in [5, 5.41) is 4.83. The lowest BCUT2D eigenvalue weighted by molar-refractivity contribution is 0.217. The van der Waals surface area contributed by atoms with Crippen molar-refractivity contribution in [1.82, 2.24) is 4.90 Å². The fourth-order valence-electron chi connectivity index (χ4n) is 1.80. The van der Waals surface area contributed by atoms with E-state index in [1.165, 1.54) is 12.1 Å². The molecule has 108 valence electrons. The number of nitrogens with two attached hydrogens (primary N) is 1. The highest BCUT2D eigenvalue weighted by atomic mass is 32.2. The normalized spacial score (nSPS) is 14.8. The van der Waals surface area contributed by atoms with Gasteiger partial charge in [0.1, 0.15) is 5.82 Å². The zero-order valence-corrected chi connectivity index (χ0v) is 11.5. The van der Waals surface area contributed by atoms with Gasteiger partial charge in [0.05, 0.1) is 5.69 Å². The predicted molar refractivity (Wildman–Crippen MR) is 77.5 cm³/mol. The number of nitrogens with zero attached hydrogens (tertiary/aromatic N) is 1. The molecule has 1 aromatic rings. The van der Waals surface area contributed by atoms with E-state index in [2.05, 4.69) is 10.6 Å². The monoisotopic (exact) mass is 298 g/mol. The molecule has 6 nitrogen and oxygen atoms in total. The molecular weight excluding hydrogens is 283 g/mol. The zero-order valence-electron chi connectivity index (χ0n) is 10.7. The minimum Gasteiger partial charge on any atom is -0.351 e. The second kappa shape index (κ2) is 6.47. The van der Waals surface area contributed by atoms with E-state index in [0.29, 0.717) is 18.8 Å². The van der Waals surface area contributed by atoms with Gasteiger partial charge in [-0.3, -0.25) is 0 Å². The van der Waals surface area contributed by atoms with Crippen molar-refractivity contribution in [2.24, 2.45) is 5.73 Å². The summed E-state index contributed by atoms with van der Waals surface area (Å²) < 4.78 is 13.4. The van der Waals surface area contributed by atoms with Crippen molar-refractivity contribution >= 4 is 35.2 Å². The molecule has 1 fully saturated rings. The molecule has 0 radical (unpaired) electrons. The number of rotatable bonds is 2. The third-order valence-corrected chi connectivity index (χ3v) is 3.72. The van der Waals surface area contributed by atoms with Crippen molar-refractivity contribution in [3.05, 3.63) is 24.0 Å². The van der Waals surface area contributed by atoms with Gasteiger partial charge < -0.3 is 21.3 Å². The summed E-state index contributed by atoms with van der Waals surface area (Å²) in [6.45, 7) is 1.37. The van der Waals surface area contributed by atoms with Crippen LogP contribution in [0.25, 0.3) is 0 Å². The van der Waals surface area contributed by atoms with Gasteiger partial charge in [0.25, 0.3) is 0 Å². The van der Waals surface area contributed by atoms with Crippen LogP contribution in [0.2, 0.25) is 0 Å². The number of anilines is 2. The number of halogens is 1. The van der Waals surface area contributed by atoms with Crippen LogP contribution in [0.15, 0.2) is 18.2 Å². The van der Waals surface area contributed by atoms with E-state index in [0.717, 1.165) is 17.6 Å². The second-order valence-corrected chi connectivity index (χ2v) is 5.44. The van der Waals surface area contributed by atoms with Gasteiger partial charge in [0.15, 0.2) is 0 Å². The average molecular weight is 298 g/mol. The summed E-state index contributed by atoms with van der Waals surface area (Å²) >= 11 is 1.80. The van der Waals surface area contributed by atoms with Crippen LogP contribution >= 0.6 is 11.8 Å². The van der Waals surface area contributed by atoms with Crippen LogP contribution in [0, 0.1) is 5.82 Å². The average Bonchev–Trinajstić information content (AvgIpc) is 2.43. The molecular formula is C12H15FN4O2S. The van der Waals surface area contributed by atoms with Gasteiger partial charge in [0.2, 0.25) is 0 Å². The molecule has 4 N–H and O–H groups in total. The first-order valence-electron chi connectivity index (χ1n) is 6.06. The molecule has 20 heavy (non-hydrogen) atoms. The first-order valence-corrected chi connectivity index (χ1v) is 7.21. The molecule has 0 saturated carbocycles. The van der Waals surface area contributed by atoms with Crippen molar-refractivity contribution in [2.45, 2.75) is 0 Å². The summed E-state index contributed by atoms with van der Waals surface area (Å²) in [4.78, 5) is 24.4. The SMILES string of the molecule is NC(=O)Nc1cc(NC(=O)N2CCSCC2)ccc1F. The smallest absolute Gasteiger partial charge is 0.321 e. The molecule has 1 aliphatic rings. The van der Waals surface area contributed by atoms with Crippen LogP contribution in [0.1, 0.15) is 0 Å². The fraction of sp³-hybridized carbons (Fsp3) is 0.333. The third kappa shape index (κ3) is 3.77. The Balaban J connectivity index is 2.05. The Labute approximate surface area is 119 Å². The van der Waals surface area contributed by atoms with E-state index in [-0.39, 0.29) is 11.7 Å². The van der Waals surface area contributed by atoms with Gasteiger partial charge in [-0.2, -0.15) is 11.8 Å². The molecule has 1 aromatic carbocycles. The van der Waals surface area contributed by atoms with Gasteiger partial charge >= 0.3 is 12.1 Å². The van der Waals surface area contributed by atoms with Crippen molar-refractivity contribution in [1.29, 1.82) is 0 Å². The van der Waals surface area contributed by atoms with E-state index >= 15 is 0 Å².